The van der Waals surface area contributed by atoms with Crippen LogP contribution in [0, 0.1) is 22.7 Å². The number of nitriles is 2. The van der Waals surface area contributed by atoms with Gasteiger partial charge in [0.1, 0.15) is 11.2 Å². The van der Waals surface area contributed by atoms with Crippen molar-refractivity contribution in [3.05, 3.63) is 181 Å². The number of rotatable bonds is 4. The normalized spacial score (nSPS) is 11.6. The van der Waals surface area contributed by atoms with E-state index in [9.17, 15) is 10.5 Å². The van der Waals surface area contributed by atoms with Crippen molar-refractivity contribution < 1.29 is 4.42 Å². The Morgan fingerprint density at radius 3 is 1.78 bits per heavy atom. The minimum Gasteiger partial charge on any atom is -0.455 e. The number of hydrogen-bond donors (Lipinski definition) is 0. The van der Waals surface area contributed by atoms with Gasteiger partial charge in [-0.2, -0.15) is 10.5 Å². The Morgan fingerprint density at radius 2 is 1.04 bits per heavy atom. The molecule has 3 heterocycles. The van der Waals surface area contributed by atoms with Gasteiger partial charge in [0.25, 0.3) is 0 Å². The molecule has 8 aromatic carbocycles. The molecule has 5 nitrogen and oxygen atoms in total. The Morgan fingerprint density at radius 1 is 0.418 bits per heavy atom. The molecule has 55 heavy (non-hydrogen) atoms. The summed E-state index contributed by atoms with van der Waals surface area (Å²) in [7, 11) is 0. The first-order valence-electron chi connectivity index (χ1n) is 18.2. The number of fused-ring (bicyclic) bond motifs is 10. The third-order valence-electron chi connectivity index (χ3n) is 11.0. The third-order valence-corrected chi connectivity index (χ3v) is 11.0. The summed E-state index contributed by atoms with van der Waals surface area (Å²) in [5.41, 5.74) is 12.5. The van der Waals surface area contributed by atoms with E-state index in [1.54, 1.807) is 6.07 Å². The van der Waals surface area contributed by atoms with Crippen LogP contribution in [0.2, 0.25) is 0 Å². The smallest absolute Gasteiger partial charge is 0.145 e. The van der Waals surface area contributed by atoms with Crippen molar-refractivity contribution in [2.75, 3.05) is 0 Å². The van der Waals surface area contributed by atoms with Gasteiger partial charge in [0.05, 0.1) is 56.4 Å². The summed E-state index contributed by atoms with van der Waals surface area (Å²) < 4.78 is 11.3. The molecule has 3 aromatic heterocycles. The van der Waals surface area contributed by atoms with E-state index in [1.807, 2.05) is 42.5 Å². The van der Waals surface area contributed by atoms with Gasteiger partial charge in [0, 0.05) is 49.3 Å². The van der Waals surface area contributed by atoms with Crippen molar-refractivity contribution in [2.45, 2.75) is 0 Å². The summed E-state index contributed by atoms with van der Waals surface area (Å²) in [5.74, 6) is 0. The number of aromatic nitrogens is 2. The molecule has 0 fully saturated rings. The van der Waals surface area contributed by atoms with Gasteiger partial charge in [-0.05, 0) is 72.3 Å². The molecule has 0 radical (unpaired) electrons. The van der Waals surface area contributed by atoms with Gasteiger partial charge in [-0.15, -0.1) is 0 Å². The van der Waals surface area contributed by atoms with E-state index in [0.717, 1.165) is 88.4 Å². The second-order valence-corrected chi connectivity index (χ2v) is 13.9. The molecule has 0 bridgehead atoms. The van der Waals surface area contributed by atoms with Crippen molar-refractivity contribution in [3.8, 4) is 45.8 Å². The quantitative estimate of drug-likeness (QED) is 0.183. The lowest BCUT2D eigenvalue weighted by molar-refractivity contribution is 0.673. The number of hydrogen-bond acceptors (Lipinski definition) is 3. The zero-order valence-corrected chi connectivity index (χ0v) is 29.4. The third kappa shape index (κ3) is 4.45. The summed E-state index contributed by atoms with van der Waals surface area (Å²) in [6.45, 7) is 0. The molecule has 0 atom stereocenters. The molecule has 0 spiro atoms. The van der Waals surface area contributed by atoms with Crippen LogP contribution in [-0.2, 0) is 0 Å². The van der Waals surface area contributed by atoms with Gasteiger partial charge in [0.15, 0.2) is 0 Å². The molecule has 0 amide bonds. The molecule has 0 N–H and O–H groups in total. The Kier molecular flexibility index (Phi) is 6.61. The van der Waals surface area contributed by atoms with E-state index in [-0.39, 0.29) is 0 Å². The largest absolute Gasteiger partial charge is 0.455 e. The first-order chi connectivity index (χ1) is 27.2. The zero-order valence-electron chi connectivity index (χ0n) is 29.4. The predicted molar refractivity (Wildman–Crippen MR) is 223 cm³/mol. The first kappa shape index (κ1) is 30.7. The van der Waals surface area contributed by atoms with Crippen molar-refractivity contribution in [2.24, 2.45) is 0 Å². The molecular weight excluding hydrogens is 673 g/mol. The van der Waals surface area contributed by atoms with E-state index in [2.05, 4.69) is 143 Å². The highest BCUT2D eigenvalue weighted by Crippen LogP contribution is 2.43. The second kappa shape index (κ2) is 11.8. The molecule has 0 aliphatic rings. The van der Waals surface area contributed by atoms with Crippen LogP contribution in [0.15, 0.2) is 174 Å². The van der Waals surface area contributed by atoms with Crippen LogP contribution in [0.3, 0.4) is 0 Å². The standard InChI is InChI=1S/C50H28N4O/c51-29-32-11-1-2-12-35(32)42-27-31(21-22-33(42)30-52)36-24-23-34(28-47(36)54-43-17-7-3-13-37(43)38-14-4-8-18-44(38)54)53-45-19-9-5-16-41(45)49-46(53)26-25-40-39-15-6-10-20-48(39)55-50(40)49/h1-28H. The van der Waals surface area contributed by atoms with Gasteiger partial charge >= 0.3 is 0 Å². The highest BCUT2D eigenvalue weighted by Gasteiger charge is 2.22. The monoisotopic (exact) mass is 700 g/mol. The average Bonchev–Trinajstić information content (AvgIpc) is 3.91. The predicted octanol–water partition coefficient (Wildman–Crippen LogP) is 12.9. The number of nitrogens with zero attached hydrogens (tertiary/aromatic N) is 4. The van der Waals surface area contributed by atoms with E-state index >= 15 is 0 Å². The minimum atomic E-state index is 0.517. The van der Waals surface area contributed by atoms with Gasteiger partial charge in [-0.3, -0.25) is 0 Å². The summed E-state index contributed by atoms with van der Waals surface area (Å²) in [5, 5.41) is 27.0. The number of furan rings is 1. The molecule has 0 aliphatic heterocycles. The van der Waals surface area contributed by atoms with Crippen LogP contribution in [0.5, 0.6) is 0 Å². The lowest BCUT2D eigenvalue weighted by Crippen LogP contribution is -2.01. The molecule has 254 valence electrons. The lowest BCUT2D eigenvalue weighted by atomic mass is 9.92. The number of benzene rings is 8. The van der Waals surface area contributed by atoms with Gasteiger partial charge in [0.2, 0.25) is 0 Å². The van der Waals surface area contributed by atoms with Crippen LogP contribution in [0.1, 0.15) is 11.1 Å². The van der Waals surface area contributed by atoms with Crippen molar-refractivity contribution in [1.29, 1.82) is 10.5 Å². The Hall–Kier alpha value is -7.86. The van der Waals surface area contributed by atoms with E-state index in [1.165, 1.54) is 10.8 Å². The van der Waals surface area contributed by atoms with E-state index < -0.39 is 0 Å². The minimum absolute atomic E-state index is 0.517. The first-order valence-corrected chi connectivity index (χ1v) is 18.2. The molecule has 5 heteroatoms. The molecule has 0 aliphatic carbocycles. The van der Waals surface area contributed by atoms with Gasteiger partial charge in [-0.1, -0.05) is 103 Å². The second-order valence-electron chi connectivity index (χ2n) is 13.9. The average molecular weight is 701 g/mol. The molecule has 0 saturated heterocycles. The summed E-state index contributed by atoms with van der Waals surface area (Å²) >= 11 is 0. The topological polar surface area (TPSA) is 70.6 Å². The fourth-order valence-corrected chi connectivity index (χ4v) is 8.63. The lowest BCUT2D eigenvalue weighted by Gasteiger charge is -2.18. The molecule has 11 rings (SSSR count). The maximum atomic E-state index is 10.2. The SMILES string of the molecule is N#Cc1ccccc1-c1cc(-c2ccc(-n3c4ccccc4c4c5oc6ccccc6c5ccc43)cc2-n2c3ccccc3c3ccccc32)ccc1C#N. The zero-order chi connectivity index (χ0) is 36.6. The fourth-order valence-electron chi connectivity index (χ4n) is 8.63. The fraction of sp³-hybridized carbons (Fsp3) is 0. The van der Waals surface area contributed by atoms with Crippen LogP contribution in [0.25, 0.3) is 99.2 Å². The Balaban J connectivity index is 1.24. The maximum Gasteiger partial charge on any atom is 0.145 e. The van der Waals surface area contributed by atoms with Crippen molar-refractivity contribution in [3.63, 3.8) is 0 Å². The molecule has 11 aromatic rings. The Bertz CT molecular complexity index is 3420. The van der Waals surface area contributed by atoms with Crippen molar-refractivity contribution >= 4 is 65.6 Å². The van der Waals surface area contributed by atoms with Gasteiger partial charge < -0.3 is 13.6 Å². The summed E-state index contributed by atoms with van der Waals surface area (Å²) in [6, 6.07) is 63.0. The Labute approximate surface area is 315 Å². The number of para-hydroxylation sites is 4. The maximum absolute atomic E-state index is 10.2. The van der Waals surface area contributed by atoms with Crippen molar-refractivity contribution in [1.82, 2.24) is 9.13 Å². The van der Waals surface area contributed by atoms with Gasteiger partial charge in [-0.25, -0.2) is 0 Å². The van der Waals surface area contributed by atoms with Crippen LogP contribution >= 0.6 is 0 Å². The van der Waals surface area contributed by atoms with E-state index in [0.29, 0.717) is 11.1 Å². The molecule has 0 saturated carbocycles. The highest BCUT2D eigenvalue weighted by atomic mass is 16.3. The molecule has 0 unspecified atom stereocenters. The van der Waals surface area contributed by atoms with E-state index in [4.69, 9.17) is 4.42 Å². The van der Waals surface area contributed by atoms with Crippen LogP contribution in [0.4, 0.5) is 0 Å². The van der Waals surface area contributed by atoms with Crippen LogP contribution in [-0.4, -0.2) is 9.13 Å². The summed E-state index contributed by atoms with van der Waals surface area (Å²) in [4.78, 5) is 0. The molecular formula is C50H28N4O. The summed E-state index contributed by atoms with van der Waals surface area (Å²) in [6.07, 6.45) is 0. The van der Waals surface area contributed by atoms with Crippen LogP contribution < -0.4 is 0 Å². The highest BCUT2D eigenvalue weighted by molar-refractivity contribution is 6.24.